The number of hydrogen-bond donors (Lipinski definition) is 0. The molecule has 344 valence electrons. The number of carbonyl (C=O) groups is 3. The Hall–Kier alpha value is -1.47. The minimum Gasteiger partial charge on any atom is -0.466 e. The molecule has 0 rings (SSSR count). The lowest BCUT2D eigenvalue weighted by Crippen LogP contribution is -2.28. The molecule has 0 bridgehead atoms. The van der Waals surface area contributed by atoms with Gasteiger partial charge in [0.05, 0.1) is 19.1 Å². The highest BCUT2D eigenvalue weighted by molar-refractivity contribution is 5.82. The van der Waals surface area contributed by atoms with Crippen LogP contribution in [-0.4, -0.2) is 68.7 Å². The summed E-state index contributed by atoms with van der Waals surface area (Å²) in [7, 11) is 0. The molecule has 2 atom stereocenters. The number of esters is 2. The zero-order chi connectivity index (χ0) is 42.6. The van der Waals surface area contributed by atoms with Crippen LogP contribution in [0.5, 0.6) is 0 Å². The van der Waals surface area contributed by atoms with Crippen LogP contribution in [-0.2, 0) is 28.6 Å². The monoisotopic (exact) mass is 822 g/mol. The lowest BCUT2D eigenvalue weighted by molar-refractivity contribution is -0.149. The summed E-state index contributed by atoms with van der Waals surface area (Å²) in [6.45, 7) is 15.8. The van der Waals surface area contributed by atoms with Crippen LogP contribution in [0.2, 0.25) is 0 Å². The molecule has 0 heterocycles. The average molecular weight is 822 g/mol. The van der Waals surface area contributed by atoms with Gasteiger partial charge < -0.3 is 19.1 Å². The number of nitrogens with zero attached hydrogens (tertiary/aromatic N) is 1. The molecule has 0 saturated carbocycles. The topological polar surface area (TPSA) is 82.1 Å². The maximum atomic E-state index is 13.1. The number of ether oxygens (including phenoxy) is 3. The maximum Gasteiger partial charge on any atom is 0.308 e. The van der Waals surface area contributed by atoms with E-state index in [2.05, 4.69) is 32.6 Å². The number of Topliss-reactive ketones (excluding diaryl/α,β-unsaturated/α-hetero) is 1. The Balaban J connectivity index is 4.52. The van der Waals surface area contributed by atoms with Gasteiger partial charge in [-0.25, -0.2) is 0 Å². The van der Waals surface area contributed by atoms with E-state index in [0.717, 1.165) is 122 Å². The number of rotatable bonds is 47. The van der Waals surface area contributed by atoms with Crippen LogP contribution in [0, 0.1) is 11.8 Å². The fraction of sp³-hybridized carbons (Fsp3) is 0.941. The Morgan fingerprint density at radius 3 is 1.31 bits per heavy atom. The molecule has 0 aliphatic carbocycles. The SMILES string of the molecule is CCCCCCCCC(CCCCCC)C(=O)COCCCCCCN(CCCCCCOC(=O)C(CCCCCC)CCCCCCCC)CCCC(=O)OCC. The molecule has 0 aliphatic rings. The summed E-state index contributed by atoms with van der Waals surface area (Å²) in [5.41, 5.74) is 0. The number of hydrogen-bond acceptors (Lipinski definition) is 7. The summed E-state index contributed by atoms with van der Waals surface area (Å²) in [4.78, 5) is 40.6. The Labute approximate surface area is 361 Å². The van der Waals surface area contributed by atoms with Crippen molar-refractivity contribution in [2.24, 2.45) is 11.8 Å². The van der Waals surface area contributed by atoms with E-state index in [9.17, 15) is 14.4 Å². The first-order valence-corrected chi connectivity index (χ1v) is 25.6. The first kappa shape index (κ1) is 56.5. The zero-order valence-electron chi connectivity index (χ0n) is 39.5. The lowest BCUT2D eigenvalue weighted by atomic mass is 9.91. The minimum atomic E-state index is -0.101. The van der Waals surface area contributed by atoms with Crippen LogP contribution < -0.4 is 0 Å². The van der Waals surface area contributed by atoms with Gasteiger partial charge in [-0.15, -0.1) is 0 Å². The van der Waals surface area contributed by atoms with Gasteiger partial charge in [-0.2, -0.15) is 0 Å². The molecule has 0 aromatic heterocycles. The third-order valence-corrected chi connectivity index (χ3v) is 11.9. The van der Waals surface area contributed by atoms with Gasteiger partial charge >= 0.3 is 11.9 Å². The number of carbonyl (C=O) groups excluding carboxylic acids is 3. The zero-order valence-corrected chi connectivity index (χ0v) is 39.5. The van der Waals surface area contributed by atoms with Crippen molar-refractivity contribution in [1.82, 2.24) is 4.90 Å². The molecule has 0 N–H and O–H groups in total. The predicted molar refractivity (Wildman–Crippen MR) is 247 cm³/mol. The third kappa shape index (κ3) is 37.5. The van der Waals surface area contributed by atoms with Gasteiger partial charge in [-0.05, 0) is 84.3 Å². The van der Waals surface area contributed by atoms with Crippen LogP contribution in [0.3, 0.4) is 0 Å². The van der Waals surface area contributed by atoms with Crippen LogP contribution in [0.1, 0.15) is 253 Å². The molecule has 0 aromatic carbocycles. The molecule has 0 spiro atoms. The smallest absolute Gasteiger partial charge is 0.308 e. The molecule has 2 unspecified atom stereocenters. The highest BCUT2D eigenvalue weighted by atomic mass is 16.5. The largest absolute Gasteiger partial charge is 0.466 e. The van der Waals surface area contributed by atoms with Crippen LogP contribution >= 0.6 is 0 Å². The second-order valence-corrected chi connectivity index (χ2v) is 17.5. The fourth-order valence-corrected chi connectivity index (χ4v) is 8.10. The Morgan fingerprint density at radius 2 is 0.810 bits per heavy atom. The van der Waals surface area contributed by atoms with Gasteiger partial charge in [-0.3, -0.25) is 14.4 Å². The van der Waals surface area contributed by atoms with Gasteiger partial charge in [0.1, 0.15) is 6.61 Å². The van der Waals surface area contributed by atoms with Gasteiger partial charge in [0.25, 0.3) is 0 Å². The van der Waals surface area contributed by atoms with Crippen molar-refractivity contribution in [3.05, 3.63) is 0 Å². The molecule has 7 heteroatoms. The predicted octanol–water partition coefficient (Wildman–Crippen LogP) is 14.6. The van der Waals surface area contributed by atoms with Crippen molar-refractivity contribution in [3.8, 4) is 0 Å². The molecular weight excluding hydrogens is 723 g/mol. The molecular formula is C51H99NO6. The quantitative estimate of drug-likeness (QED) is 0.0446. The summed E-state index contributed by atoms with van der Waals surface area (Å²) < 4.78 is 16.9. The van der Waals surface area contributed by atoms with Crippen molar-refractivity contribution < 1.29 is 28.6 Å². The lowest BCUT2D eigenvalue weighted by Gasteiger charge is -2.22. The molecule has 7 nitrogen and oxygen atoms in total. The first-order chi connectivity index (χ1) is 28.4. The van der Waals surface area contributed by atoms with Gasteiger partial charge in [0.15, 0.2) is 5.78 Å². The average Bonchev–Trinajstić information content (AvgIpc) is 3.22. The molecule has 0 radical (unpaired) electrons. The number of ketones is 1. The molecule has 0 amide bonds. The summed E-state index contributed by atoms with van der Waals surface area (Å²) in [6.07, 6.45) is 38.9. The van der Waals surface area contributed by atoms with E-state index in [1.807, 2.05) is 6.92 Å². The summed E-state index contributed by atoms with van der Waals surface area (Å²) in [6, 6.07) is 0. The second-order valence-electron chi connectivity index (χ2n) is 17.5. The van der Waals surface area contributed by atoms with E-state index in [1.54, 1.807) is 0 Å². The van der Waals surface area contributed by atoms with Crippen LogP contribution in [0.15, 0.2) is 0 Å². The fourth-order valence-electron chi connectivity index (χ4n) is 8.10. The molecule has 0 aliphatic heterocycles. The van der Waals surface area contributed by atoms with Crippen molar-refractivity contribution in [3.63, 3.8) is 0 Å². The Kier molecular flexibility index (Phi) is 43.9. The molecule has 0 saturated heterocycles. The molecule has 58 heavy (non-hydrogen) atoms. The van der Waals surface area contributed by atoms with E-state index >= 15 is 0 Å². The van der Waals surface area contributed by atoms with E-state index in [4.69, 9.17) is 14.2 Å². The van der Waals surface area contributed by atoms with Crippen molar-refractivity contribution in [1.29, 1.82) is 0 Å². The Morgan fingerprint density at radius 1 is 0.414 bits per heavy atom. The van der Waals surface area contributed by atoms with Gasteiger partial charge in [0.2, 0.25) is 0 Å². The minimum absolute atomic E-state index is 0.0403. The second kappa shape index (κ2) is 45.1. The van der Waals surface area contributed by atoms with E-state index in [0.29, 0.717) is 32.0 Å². The normalized spacial score (nSPS) is 12.6. The van der Waals surface area contributed by atoms with E-state index in [1.165, 1.54) is 109 Å². The summed E-state index contributed by atoms with van der Waals surface area (Å²) in [5, 5.41) is 0. The third-order valence-electron chi connectivity index (χ3n) is 11.9. The molecule has 0 aromatic rings. The maximum absolute atomic E-state index is 13.1. The van der Waals surface area contributed by atoms with Crippen molar-refractivity contribution >= 4 is 17.7 Å². The van der Waals surface area contributed by atoms with Crippen LogP contribution in [0.25, 0.3) is 0 Å². The van der Waals surface area contributed by atoms with Crippen molar-refractivity contribution in [2.45, 2.75) is 253 Å². The van der Waals surface area contributed by atoms with Crippen LogP contribution in [0.4, 0.5) is 0 Å². The standard InChI is InChI=1S/C51H99NO6/c1-6-11-15-19-21-29-37-47(36-27-17-13-8-3)49(53)46-56-44-33-25-23-31-41-52(43-35-40-50(54)57-10-5)42-32-24-26-34-45-58-51(55)48(38-28-18-14-9-4)39-30-22-20-16-12-7-2/h47-48H,6-46H2,1-5H3. The highest BCUT2D eigenvalue weighted by Crippen LogP contribution is 2.22. The van der Waals surface area contributed by atoms with E-state index < -0.39 is 0 Å². The van der Waals surface area contributed by atoms with Crippen molar-refractivity contribution in [2.75, 3.05) is 46.1 Å². The van der Waals surface area contributed by atoms with E-state index in [-0.39, 0.29) is 30.4 Å². The van der Waals surface area contributed by atoms with Gasteiger partial charge in [0, 0.05) is 18.9 Å². The van der Waals surface area contributed by atoms with Gasteiger partial charge in [-0.1, -0.05) is 182 Å². The highest BCUT2D eigenvalue weighted by Gasteiger charge is 2.20. The number of unbranched alkanes of at least 4 members (excludes halogenated alkanes) is 22. The summed E-state index contributed by atoms with van der Waals surface area (Å²) >= 11 is 0. The summed E-state index contributed by atoms with van der Waals surface area (Å²) in [5.74, 6) is 0.516. The molecule has 0 fully saturated rings. The Bertz CT molecular complexity index is 896. The first-order valence-electron chi connectivity index (χ1n) is 25.6.